The van der Waals surface area contributed by atoms with E-state index >= 15 is 8.78 Å². The van der Waals surface area contributed by atoms with Gasteiger partial charge in [-0.2, -0.15) is 5.10 Å². The lowest BCUT2D eigenvalue weighted by Gasteiger charge is -2.36. The second-order valence-corrected chi connectivity index (χ2v) is 13.1. The van der Waals surface area contributed by atoms with Gasteiger partial charge < -0.3 is 19.5 Å². The largest absolute Gasteiger partial charge is 0.383 e. The molecule has 13 heteroatoms. The maximum absolute atomic E-state index is 16.2. The maximum atomic E-state index is 16.2. The lowest BCUT2D eigenvalue weighted by molar-refractivity contribution is -0.129. The summed E-state index contributed by atoms with van der Waals surface area (Å²) in [5.41, 5.74) is 4.35. The third kappa shape index (κ3) is 5.37. The number of halogens is 3. The van der Waals surface area contributed by atoms with Crippen LogP contribution in [0.3, 0.4) is 0 Å². The highest BCUT2D eigenvalue weighted by Crippen LogP contribution is 2.48. The molecule has 0 radical (unpaired) electrons. The number of benzene rings is 2. The maximum Gasteiger partial charge on any atom is 0.246 e. The van der Waals surface area contributed by atoms with Gasteiger partial charge in [0.2, 0.25) is 5.91 Å². The van der Waals surface area contributed by atoms with Gasteiger partial charge in [-0.15, -0.1) is 11.3 Å². The molecule has 0 saturated carbocycles. The van der Waals surface area contributed by atoms with E-state index in [0.29, 0.717) is 28.2 Å². The first-order chi connectivity index (χ1) is 23.5. The molecule has 2 aromatic carbocycles. The topological polar surface area (TPSA) is 90.1 Å². The van der Waals surface area contributed by atoms with Crippen LogP contribution < -0.4 is 5.32 Å². The number of imidazole rings is 1. The van der Waals surface area contributed by atoms with E-state index in [-0.39, 0.29) is 60.5 Å². The number of hydrogen-bond acceptors (Lipinski definition) is 7. The molecule has 1 N–H and O–H groups in total. The first-order valence-corrected chi connectivity index (χ1v) is 16.7. The van der Waals surface area contributed by atoms with Gasteiger partial charge in [0, 0.05) is 67.9 Å². The first kappa shape index (κ1) is 32.5. The molecule has 49 heavy (non-hydrogen) atoms. The SMILES string of the molecule is C=CC(=O)N1C[C@H](C)n2nc(-c3nc(-c4ccc5c(c4)nc(C)n5C)c4scc(F)c4c3-c3c(F)cc(F)cc3NCCOC)cc2[C@H]1C.[HH]. The fourth-order valence-electron chi connectivity index (χ4n) is 6.70. The Hall–Kier alpha value is -5.01. The molecular weight excluding hydrogens is 652 g/mol. The summed E-state index contributed by atoms with van der Waals surface area (Å²) in [5.74, 6) is -1.63. The number of aromatic nitrogens is 5. The van der Waals surface area contributed by atoms with E-state index in [1.54, 1.807) is 11.0 Å². The Morgan fingerprint density at radius 1 is 1.12 bits per heavy atom. The van der Waals surface area contributed by atoms with Crippen LogP contribution in [0.15, 0.2) is 54.4 Å². The summed E-state index contributed by atoms with van der Waals surface area (Å²) in [4.78, 5) is 24.3. The van der Waals surface area contributed by atoms with Crippen LogP contribution in [0.5, 0.6) is 0 Å². The standard InChI is InChI=1S/C36H34F3N7O2S.H2/c1-7-30(47)45-16-18(2)46-29(19(45)3)15-27(43-46)35-33(31-23(38)13-22(37)14-26(31)40-10-11-48-6)32-24(39)17-49-36(32)34(42-35)21-8-9-28-25(12-21)41-20(4)44(28)5;/h7-9,12-15,17-19,40H,1,10-11,16H2,2-6H3;1H/t18-,19+;/m0./s1. The van der Waals surface area contributed by atoms with E-state index in [2.05, 4.69) is 11.9 Å². The Kier molecular flexibility index (Phi) is 8.27. The molecule has 1 amide bonds. The molecule has 1 aliphatic heterocycles. The summed E-state index contributed by atoms with van der Waals surface area (Å²) < 4.78 is 56.6. The van der Waals surface area contributed by atoms with Gasteiger partial charge in [0.15, 0.2) is 0 Å². The van der Waals surface area contributed by atoms with Crippen molar-refractivity contribution in [2.75, 3.05) is 32.1 Å². The molecule has 0 spiro atoms. The Morgan fingerprint density at radius 2 is 1.92 bits per heavy atom. The third-order valence-corrected chi connectivity index (χ3v) is 10.2. The predicted octanol–water partition coefficient (Wildman–Crippen LogP) is 8.06. The monoisotopic (exact) mass is 687 g/mol. The number of fused-ring (bicyclic) bond motifs is 3. The molecule has 7 rings (SSSR count). The van der Waals surface area contributed by atoms with Crippen molar-refractivity contribution in [1.82, 2.24) is 29.2 Å². The number of methoxy groups -OCH3 is 1. The fraction of sp³-hybridized carbons (Fsp3) is 0.278. The summed E-state index contributed by atoms with van der Waals surface area (Å²) in [6.45, 7) is 10.3. The zero-order chi connectivity index (χ0) is 34.7. The molecule has 0 bridgehead atoms. The highest BCUT2D eigenvalue weighted by molar-refractivity contribution is 7.17. The van der Waals surface area contributed by atoms with E-state index in [1.165, 1.54) is 24.6 Å². The van der Waals surface area contributed by atoms with Crippen molar-refractivity contribution < 1.29 is 24.1 Å². The number of thiophene rings is 1. The molecule has 9 nitrogen and oxygen atoms in total. The van der Waals surface area contributed by atoms with Crippen molar-refractivity contribution in [3.05, 3.63) is 83.4 Å². The van der Waals surface area contributed by atoms with Gasteiger partial charge in [0.1, 0.15) is 34.7 Å². The van der Waals surface area contributed by atoms with E-state index in [4.69, 9.17) is 19.8 Å². The van der Waals surface area contributed by atoms with Gasteiger partial charge in [0.05, 0.1) is 45.8 Å². The molecule has 0 fully saturated rings. The van der Waals surface area contributed by atoms with Gasteiger partial charge in [-0.3, -0.25) is 9.48 Å². The van der Waals surface area contributed by atoms with Crippen LogP contribution in [-0.4, -0.2) is 61.9 Å². The molecule has 6 aromatic rings. The highest BCUT2D eigenvalue weighted by atomic mass is 32.1. The van der Waals surface area contributed by atoms with Crippen LogP contribution in [0.25, 0.3) is 54.9 Å². The molecule has 0 unspecified atom stereocenters. The average Bonchev–Trinajstić information content (AvgIpc) is 3.77. The first-order valence-electron chi connectivity index (χ1n) is 15.8. The van der Waals surface area contributed by atoms with Gasteiger partial charge in [-0.05, 0) is 51.1 Å². The van der Waals surface area contributed by atoms with Gasteiger partial charge >= 0.3 is 0 Å². The van der Waals surface area contributed by atoms with Crippen molar-refractivity contribution in [3.8, 4) is 33.8 Å². The third-order valence-electron chi connectivity index (χ3n) is 9.22. The van der Waals surface area contributed by atoms with Crippen LogP contribution >= 0.6 is 11.3 Å². The van der Waals surface area contributed by atoms with E-state index in [1.807, 2.05) is 55.3 Å². The molecule has 4 aromatic heterocycles. The zero-order valence-corrected chi connectivity index (χ0v) is 28.5. The summed E-state index contributed by atoms with van der Waals surface area (Å²) in [7, 11) is 3.46. The Bertz CT molecular complexity index is 2300. The lowest BCUT2D eigenvalue weighted by Crippen LogP contribution is -2.42. The van der Waals surface area contributed by atoms with Gasteiger partial charge in [-0.1, -0.05) is 12.6 Å². The van der Waals surface area contributed by atoms with Crippen molar-refractivity contribution >= 4 is 44.1 Å². The normalized spacial score (nSPS) is 16.0. The number of carbonyl (C=O) groups is 1. The minimum Gasteiger partial charge on any atom is -0.383 e. The quantitative estimate of drug-likeness (QED) is 0.129. The average molecular weight is 688 g/mol. The molecule has 2 atom stereocenters. The summed E-state index contributed by atoms with van der Waals surface area (Å²) >= 11 is 1.15. The number of aryl methyl sites for hydroxylation is 2. The second kappa shape index (κ2) is 12.5. The molecule has 1 aliphatic rings. The predicted molar refractivity (Wildman–Crippen MR) is 188 cm³/mol. The molecule has 5 heterocycles. The number of anilines is 1. The smallest absolute Gasteiger partial charge is 0.246 e. The Morgan fingerprint density at radius 3 is 2.67 bits per heavy atom. The Labute approximate surface area is 286 Å². The molecule has 0 aliphatic carbocycles. The number of ether oxygens (including phenoxy) is 1. The molecule has 254 valence electrons. The minimum atomic E-state index is -0.888. The number of nitrogens with zero attached hydrogens (tertiary/aromatic N) is 6. The number of rotatable bonds is 8. The molecule has 0 saturated heterocycles. The van der Waals surface area contributed by atoms with E-state index in [9.17, 15) is 9.18 Å². The van der Waals surface area contributed by atoms with Crippen LogP contribution in [0.1, 0.15) is 38.9 Å². The summed E-state index contributed by atoms with van der Waals surface area (Å²) in [5, 5.41) is 9.52. The van der Waals surface area contributed by atoms with E-state index in [0.717, 1.165) is 40.0 Å². The van der Waals surface area contributed by atoms with Crippen molar-refractivity contribution in [2.45, 2.75) is 32.9 Å². The van der Waals surface area contributed by atoms with Crippen LogP contribution in [0, 0.1) is 24.4 Å². The molecular formula is C36H36F3N7O2S. The number of amides is 1. The van der Waals surface area contributed by atoms with E-state index < -0.39 is 17.5 Å². The number of carbonyl (C=O) groups excluding carboxylic acids is 1. The highest BCUT2D eigenvalue weighted by Gasteiger charge is 2.34. The van der Waals surface area contributed by atoms with Crippen molar-refractivity contribution in [2.24, 2.45) is 7.05 Å². The number of hydrogen-bond donors (Lipinski definition) is 1. The summed E-state index contributed by atoms with van der Waals surface area (Å²) in [6.07, 6.45) is 1.28. The van der Waals surface area contributed by atoms with Gasteiger partial charge in [0.25, 0.3) is 0 Å². The minimum absolute atomic E-state index is 0. The van der Waals surface area contributed by atoms with Crippen LogP contribution in [0.4, 0.5) is 18.9 Å². The number of nitrogens with one attached hydrogen (secondary N) is 1. The van der Waals surface area contributed by atoms with Crippen LogP contribution in [0.2, 0.25) is 0 Å². The summed E-state index contributed by atoms with van der Waals surface area (Å²) in [6, 6.07) is 8.94. The Balaban J connectivity index is 0.00000432. The van der Waals surface area contributed by atoms with Crippen molar-refractivity contribution in [1.29, 1.82) is 0 Å². The van der Waals surface area contributed by atoms with Gasteiger partial charge in [-0.25, -0.2) is 23.1 Å². The van der Waals surface area contributed by atoms with Crippen molar-refractivity contribution in [3.63, 3.8) is 0 Å². The number of pyridine rings is 1. The van der Waals surface area contributed by atoms with Crippen LogP contribution in [-0.2, 0) is 16.6 Å². The fourth-order valence-corrected chi connectivity index (χ4v) is 7.63. The lowest BCUT2D eigenvalue weighted by atomic mass is 9.94. The zero-order valence-electron chi connectivity index (χ0n) is 27.6. The second-order valence-electron chi connectivity index (χ2n) is 12.2.